The first-order valence-corrected chi connectivity index (χ1v) is 7.96. The number of nitrogens with one attached hydrogen (secondary N) is 1. The van der Waals surface area contributed by atoms with Gasteiger partial charge in [0.15, 0.2) is 0 Å². The van der Waals surface area contributed by atoms with E-state index in [2.05, 4.69) is 32.7 Å². The van der Waals surface area contributed by atoms with Crippen molar-refractivity contribution in [1.82, 2.24) is 5.32 Å². The van der Waals surface area contributed by atoms with Crippen molar-refractivity contribution in [1.29, 1.82) is 0 Å². The molecule has 0 fully saturated rings. The number of methoxy groups -OCH3 is 2. The molecule has 1 heterocycles. The molecular weight excluding hydrogens is 338 g/mol. The van der Waals surface area contributed by atoms with Crippen LogP contribution in [-0.4, -0.2) is 21.3 Å². The fraction of sp³-hybridized carbons (Fsp3) is 0.333. The minimum Gasteiger partial charge on any atom is -0.497 e. The number of likely N-dealkylation sites (N-methyl/N-ethyl adjacent to an activating group) is 1. The Balaban J connectivity index is 2.26. The minimum absolute atomic E-state index is 0.226. The van der Waals surface area contributed by atoms with Crippen LogP contribution >= 0.6 is 27.3 Å². The molecule has 0 aliphatic heterocycles. The van der Waals surface area contributed by atoms with Gasteiger partial charge < -0.3 is 14.8 Å². The molecule has 0 saturated heterocycles. The number of halogens is 1. The zero-order valence-corrected chi connectivity index (χ0v) is 14.2. The largest absolute Gasteiger partial charge is 0.497 e. The number of benzene rings is 1. The molecule has 0 saturated carbocycles. The van der Waals surface area contributed by atoms with E-state index in [-0.39, 0.29) is 6.04 Å². The highest BCUT2D eigenvalue weighted by Gasteiger charge is 2.14. The smallest absolute Gasteiger partial charge is 0.122 e. The van der Waals surface area contributed by atoms with Gasteiger partial charge in [0.2, 0.25) is 0 Å². The summed E-state index contributed by atoms with van der Waals surface area (Å²) in [5.41, 5.74) is 1.16. The molecule has 1 unspecified atom stereocenters. The van der Waals surface area contributed by atoms with Crippen LogP contribution in [0, 0.1) is 0 Å². The molecule has 108 valence electrons. The number of hydrogen-bond acceptors (Lipinski definition) is 4. The molecule has 5 heteroatoms. The summed E-state index contributed by atoms with van der Waals surface area (Å²) >= 11 is 5.25. The third-order valence-electron chi connectivity index (χ3n) is 3.15. The molecule has 1 aromatic heterocycles. The number of thiophene rings is 1. The van der Waals surface area contributed by atoms with E-state index >= 15 is 0 Å². The van der Waals surface area contributed by atoms with Gasteiger partial charge in [-0.2, -0.15) is 0 Å². The quantitative estimate of drug-likeness (QED) is 0.848. The number of hydrogen-bond donors (Lipinski definition) is 1. The minimum atomic E-state index is 0.226. The van der Waals surface area contributed by atoms with E-state index in [4.69, 9.17) is 9.47 Å². The van der Waals surface area contributed by atoms with Crippen LogP contribution in [0.4, 0.5) is 0 Å². The van der Waals surface area contributed by atoms with Crippen molar-refractivity contribution in [2.75, 3.05) is 21.3 Å². The third kappa shape index (κ3) is 3.75. The molecule has 0 bridgehead atoms. The molecule has 1 N–H and O–H groups in total. The molecular formula is C15H18BrNO2S. The van der Waals surface area contributed by atoms with E-state index in [1.165, 1.54) is 4.88 Å². The van der Waals surface area contributed by atoms with E-state index in [1.807, 2.05) is 25.2 Å². The van der Waals surface area contributed by atoms with E-state index in [0.717, 1.165) is 28.0 Å². The second-order valence-corrected chi connectivity index (χ2v) is 6.33. The van der Waals surface area contributed by atoms with E-state index < -0.39 is 0 Å². The summed E-state index contributed by atoms with van der Waals surface area (Å²) in [6.45, 7) is 0. The summed E-state index contributed by atoms with van der Waals surface area (Å²) in [5.74, 6) is 1.62. The molecule has 0 radical (unpaired) electrons. The molecule has 2 rings (SSSR count). The molecule has 0 spiro atoms. The van der Waals surface area contributed by atoms with Crippen LogP contribution in [0.15, 0.2) is 34.1 Å². The normalized spacial score (nSPS) is 12.2. The summed E-state index contributed by atoms with van der Waals surface area (Å²) in [6, 6.07) is 8.37. The van der Waals surface area contributed by atoms with Crippen molar-refractivity contribution in [3.63, 3.8) is 0 Å². The second kappa shape index (κ2) is 7.11. The van der Waals surface area contributed by atoms with Gasteiger partial charge in [0.25, 0.3) is 0 Å². The highest BCUT2D eigenvalue weighted by Crippen LogP contribution is 2.30. The summed E-state index contributed by atoms with van der Waals surface area (Å²) < 4.78 is 11.8. The predicted molar refractivity (Wildman–Crippen MR) is 87.1 cm³/mol. The lowest BCUT2D eigenvalue weighted by Gasteiger charge is -2.18. The molecule has 2 aromatic rings. The van der Waals surface area contributed by atoms with Crippen molar-refractivity contribution in [2.24, 2.45) is 0 Å². The summed E-state index contributed by atoms with van der Waals surface area (Å²) in [7, 11) is 5.31. The molecule has 20 heavy (non-hydrogen) atoms. The van der Waals surface area contributed by atoms with Gasteiger partial charge in [-0.05, 0) is 46.7 Å². The number of rotatable bonds is 6. The SMILES string of the molecule is CNC(Cc1cc(Br)cs1)c1cc(OC)cc(OC)c1. The predicted octanol–water partition coefficient (Wildman–Crippen LogP) is 4.03. The Morgan fingerprint density at radius 3 is 2.25 bits per heavy atom. The molecule has 3 nitrogen and oxygen atoms in total. The lowest BCUT2D eigenvalue weighted by molar-refractivity contribution is 0.392. The van der Waals surface area contributed by atoms with Crippen LogP contribution in [-0.2, 0) is 6.42 Å². The van der Waals surface area contributed by atoms with Gasteiger partial charge in [0.05, 0.1) is 14.2 Å². The first-order chi connectivity index (χ1) is 9.66. The molecule has 0 aliphatic carbocycles. The van der Waals surface area contributed by atoms with E-state index in [0.29, 0.717) is 0 Å². The van der Waals surface area contributed by atoms with Crippen LogP contribution in [0.2, 0.25) is 0 Å². The van der Waals surface area contributed by atoms with Crippen LogP contribution in [0.3, 0.4) is 0 Å². The Morgan fingerprint density at radius 2 is 1.80 bits per heavy atom. The zero-order valence-electron chi connectivity index (χ0n) is 11.8. The fourth-order valence-electron chi connectivity index (χ4n) is 2.08. The van der Waals surface area contributed by atoms with Crippen molar-refractivity contribution in [3.8, 4) is 11.5 Å². The first kappa shape index (κ1) is 15.4. The molecule has 0 aliphatic rings. The Morgan fingerprint density at radius 1 is 1.15 bits per heavy atom. The van der Waals surface area contributed by atoms with Gasteiger partial charge >= 0.3 is 0 Å². The zero-order chi connectivity index (χ0) is 14.5. The van der Waals surface area contributed by atoms with E-state index in [1.54, 1.807) is 25.6 Å². The maximum Gasteiger partial charge on any atom is 0.122 e. The van der Waals surface area contributed by atoms with Crippen LogP contribution in [0.25, 0.3) is 0 Å². The van der Waals surface area contributed by atoms with Gasteiger partial charge in [0.1, 0.15) is 11.5 Å². The maximum absolute atomic E-state index is 5.33. The van der Waals surface area contributed by atoms with E-state index in [9.17, 15) is 0 Å². The topological polar surface area (TPSA) is 30.5 Å². The maximum atomic E-state index is 5.33. The number of ether oxygens (including phenoxy) is 2. The van der Waals surface area contributed by atoms with Crippen LogP contribution < -0.4 is 14.8 Å². The van der Waals surface area contributed by atoms with Crippen molar-refractivity contribution in [3.05, 3.63) is 44.6 Å². The Hall–Kier alpha value is -1.04. The third-order valence-corrected chi connectivity index (χ3v) is 4.87. The summed E-state index contributed by atoms with van der Waals surface area (Å²) in [4.78, 5) is 1.33. The van der Waals surface area contributed by atoms with Gasteiger partial charge in [-0.3, -0.25) is 0 Å². The van der Waals surface area contributed by atoms with Crippen molar-refractivity contribution in [2.45, 2.75) is 12.5 Å². The Bertz CT molecular complexity index is 549. The fourth-order valence-corrected chi connectivity index (χ4v) is 3.58. The van der Waals surface area contributed by atoms with Crippen LogP contribution in [0.5, 0.6) is 11.5 Å². The van der Waals surface area contributed by atoms with Crippen LogP contribution in [0.1, 0.15) is 16.5 Å². The highest BCUT2D eigenvalue weighted by molar-refractivity contribution is 9.10. The lowest BCUT2D eigenvalue weighted by Crippen LogP contribution is -2.18. The average molecular weight is 356 g/mol. The monoisotopic (exact) mass is 355 g/mol. The Labute approximate surface area is 132 Å². The summed E-state index contributed by atoms with van der Waals surface area (Å²) in [5, 5.41) is 5.46. The molecule has 0 amide bonds. The highest BCUT2D eigenvalue weighted by atomic mass is 79.9. The van der Waals surface area contributed by atoms with Gasteiger partial charge in [-0.1, -0.05) is 0 Å². The summed E-state index contributed by atoms with van der Waals surface area (Å²) in [6.07, 6.45) is 0.934. The van der Waals surface area contributed by atoms with Crippen molar-refractivity contribution < 1.29 is 9.47 Å². The Kier molecular flexibility index (Phi) is 5.46. The molecule has 1 atom stereocenters. The van der Waals surface area contributed by atoms with Gasteiger partial charge in [0, 0.05) is 33.3 Å². The lowest BCUT2D eigenvalue weighted by atomic mass is 10.0. The van der Waals surface area contributed by atoms with Gasteiger partial charge in [-0.25, -0.2) is 0 Å². The standard InChI is InChI=1S/C15H18BrNO2S/c1-17-15(8-14-6-11(16)9-20-14)10-4-12(18-2)7-13(5-10)19-3/h4-7,9,15,17H,8H2,1-3H3. The van der Waals surface area contributed by atoms with Crippen molar-refractivity contribution >= 4 is 27.3 Å². The second-order valence-electron chi connectivity index (χ2n) is 4.42. The van der Waals surface area contributed by atoms with Gasteiger partial charge in [-0.15, -0.1) is 11.3 Å². The average Bonchev–Trinajstić information content (AvgIpc) is 2.89. The first-order valence-electron chi connectivity index (χ1n) is 6.29. The molecule has 1 aromatic carbocycles.